The van der Waals surface area contributed by atoms with Crippen LogP contribution in [0.3, 0.4) is 0 Å². The Morgan fingerprint density at radius 2 is 1.93 bits per heavy atom. The van der Waals surface area contributed by atoms with Crippen molar-refractivity contribution < 1.29 is 28.9 Å². The van der Waals surface area contributed by atoms with Crippen LogP contribution >= 0.6 is 22.9 Å². The third-order valence-corrected chi connectivity index (χ3v) is 9.00. The number of aromatic nitrogens is 2. The lowest BCUT2D eigenvalue weighted by atomic mass is 9.80. The van der Waals surface area contributed by atoms with Crippen molar-refractivity contribution in [3.63, 3.8) is 0 Å². The van der Waals surface area contributed by atoms with E-state index >= 15 is 0 Å². The highest BCUT2D eigenvalue weighted by Crippen LogP contribution is 2.39. The molecule has 1 aliphatic heterocycles. The summed E-state index contributed by atoms with van der Waals surface area (Å²) in [5.74, 6) is 0.559. The minimum absolute atomic E-state index is 0.127. The second-order valence-corrected chi connectivity index (χ2v) is 12.9. The summed E-state index contributed by atoms with van der Waals surface area (Å²) < 4.78 is 19.6. The predicted molar refractivity (Wildman–Crippen MR) is 162 cm³/mol. The number of carbonyl (C=O) groups is 2. The number of benzene rings is 2. The number of likely N-dealkylation sites (tertiary alicyclic amines) is 1. The molecular weight excluding hydrogens is 578 g/mol. The van der Waals surface area contributed by atoms with Gasteiger partial charge in [0.25, 0.3) is 0 Å². The maximum atomic E-state index is 12.7. The second-order valence-electron chi connectivity index (χ2n) is 11.4. The fraction of sp³-hybridized carbons (Fsp3) is 0.387. The molecule has 2 aromatic heterocycles. The Hall–Kier alpha value is -3.76. The molecule has 0 radical (unpaired) electrons. The average molecular weight is 612 g/mol. The zero-order valence-electron chi connectivity index (χ0n) is 24.2. The van der Waals surface area contributed by atoms with Crippen LogP contribution in [-0.2, 0) is 4.74 Å². The van der Waals surface area contributed by atoms with Crippen molar-refractivity contribution in [2.45, 2.75) is 58.8 Å². The van der Waals surface area contributed by atoms with Crippen molar-refractivity contribution in [3.05, 3.63) is 70.3 Å². The molecule has 4 aromatic rings. The lowest BCUT2D eigenvalue weighted by Gasteiger charge is -2.44. The lowest BCUT2D eigenvalue weighted by Crippen LogP contribution is -2.53. The normalized spacial score (nSPS) is 18.1. The molecular formula is C31H34ClN3O6S. The van der Waals surface area contributed by atoms with Crippen molar-refractivity contribution >= 4 is 46.0 Å². The molecule has 3 heterocycles. The summed E-state index contributed by atoms with van der Waals surface area (Å²) in [6.07, 6.45) is 1.47. The number of hydrogen-bond acceptors (Lipinski definition) is 7. The molecule has 11 heteroatoms. The molecule has 0 spiro atoms. The van der Waals surface area contributed by atoms with Crippen molar-refractivity contribution in [2.75, 3.05) is 13.7 Å². The number of thiophene rings is 1. The van der Waals surface area contributed by atoms with E-state index < -0.39 is 18.2 Å². The molecule has 1 fully saturated rings. The molecule has 42 heavy (non-hydrogen) atoms. The van der Waals surface area contributed by atoms with Gasteiger partial charge in [-0.2, -0.15) is 0 Å². The Labute approximate surface area is 253 Å². The third kappa shape index (κ3) is 6.05. The van der Waals surface area contributed by atoms with Gasteiger partial charge in [0.15, 0.2) is 4.88 Å². The zero-order chi connectivity index (χ0) is 30.2. The van der Waals surface area contributed by atoms with E-state index in [2.05, 4.69) is 25.8 Å². The van der Waals surface area contributed by atoms with Crippen LogP contribution in [0.1, 0.15) is 61.9 Å². The first kappa shape index (κ1) is 29.7. The third-order valence-electron chi connectivity index (χ3n) is 7.56. The van der Waals surface area contributed by atoms with Gasteiger partial charge in [-0.05, 0) is 30.5 Å². The number of nitrogens with zero attached hydrogens (tertiary/aromatic N) is 3. The molecule has 2 unspecified atom stereocenters. The van der Waals surface area contributed by atoms with Crippen molar-refractivity contribution in [2.24, 2.45) is 5.41 Å². The summed E-state index contributed by atoms with van der Waals surface area (Å²) in [7, 11) is 1.34. The topological polar surface area (TPSA) is 103 Å². The summed E-state index contributed by atoms with van der Waals surface area (Å²) >= 11 is 7.62. The van der Waals surface area contributed by atoms with Gasteiger partial charge in [0.05, 0.1) is 18.1 Å². The second kappa shape index (κ2) is 11.9. The number of methoxy groups -OCH3 is 1. The fourth-order valence-corrected chi connectivity index (χ4v) is 6.66. The number of hydrogen-bond donors (Lipinski definition) is 1. The van der Waals surface area contributed by atoms with Crippen LogP contribution < -0.4 is 9.47 Å². The molecule has 222 valence electrons. The van der Waals surface area contributed by atoms with Gasteiger partial charge in [-0.25, -0.2) is 14.6 Å². The van der Waals surface area contributed by atoms with Crippen LogP contribution in [0.5, 0.6) is 11.5 Å². The number of imidazole rings is 1. The number of esters is 1. The molecule has 0 bridgehead atoms. The Balaban J connectivity index is 1.42. The van der Waals surface area contributed by atoms with Crippen molar-refractivity contribution in [1.29, 1.82) is 0 Å². The van der Waals surface area contributed by atoms with Gasteiger partial charge in [0, 0.05) is 48.1 Å². The quantitative estimate of drug-likeness (QED) is 0.215. The monoisotopic (exact) mass is 611 g/mol. The van der Waals surface area contributed by atoms with E-state index in [-0.39, 0.29) is 17.6 Å². The van der Waals surface area contributed by atoms with Gasteiger partial charge in [-0.15, -0.1) is 11.3 Å². The van der Waals surface area contributed by atoms with Gasteiger partial charge < -0.3 is 24.2 Å². The van der Waals surface area contributed by atoms with Gasteiger partial charge in [-0.3, -0.25) is 4.57 Å². The lowest BCUT2D eigenvalue weighted by molar-refractivity contribution is 0.0130. The molecule has 0 saturated carbocycles. The largest absolute Gasteiger partial charge is 0.490 e. The van der Waals surface area contributed by atoms with Crippen molar-refractivity contribution in [3.8, 4) is 16.5 Å². The van der Waals surface area contributed by atoms with E-state index in [0.29, 0.717) is 40.8 Å². The van der Waals surface area contributed by atoms with Crippen LogP contribution in [0.25, 0.3) is 16.0 Å². The number of ether oxygens (including phenoxy) is 3. The molecule has 3 atom stereocenters. The highest BCUT2D eigenvalue weighted by molar-refractivity contribution is 7.16. The summed E-state index contributed by atoms with van der Waals surface area (Å²) in [4.78, 5) is 30.9. The van der Waals surface area contributed by atoms with Gasteiger partial charge in [-0.1, -0.05) is 50.6 Å². The van der Waals surface area contributed by atoms with Crippen molar-refractivity contribution in [1.82, 2.24) is 14.5 Å². The molecule has 9 nitrogen and oxygen atoms in total. The average Bonchev–Trinajstić information content (AvgIpc) is 3.56. The van der Waals surface area contributed by atoms with E-state index in [9.17, 15) is 14.7 Å². The van der Waals surface area contributed by atoms with Gasteiger partial charge in [0.1, 0.15) is 35.0 Å². The van der Waals surface area contributed by atoms with Crippen LogP contribution in [-0.4, -0.2) is 57.4 Å². The van der Waals surface area contributed by atoms with E-state index in [4.69, 9.17) is 25.8 Å². The molecule has 1 saturated heterocycles. The van der Waals surface area contributed by atoms with Crippen LogP contribution in [0.4, 0.5) is 4.79 Å². The smallest absolute Gasteiger partial charge is 0.407 e. The van der Waals surface area contributed by atoms with Crippen LogP contribution in [0, 0.1) is 5.41 Å². The number of carboxylic acid groups (broad SMARTS) is 1. The number of rotatable bonds is 7. The fourth-order valence-electron chi connectivity index (χ4n) is 5.38. The number of halogens is 1. The molecule has 2 aromatic carbocycles. The van der Waals surface area contributed by atoms with E-state index in [0.717, 1.165) is 21.6 Å². The summed E-state index contributed by atoms with van der Waals surface area (Å²) in [6, 6.07) is 14.8. The van der Waals surface area contributed by atoms with E-state index in [1.165, 1.54) is 23.3 Å². The highest BCUT2D eigenvalue weighted by Gasteiger charge is 2.39. The van der Waals surface area contributed by atoms with Gasteiger partial charge in [0.2, 0.25) is 0 Å². The molecule has 5 rings (SSSR count). The maximum Gasteiger partial charge on any atom is 0.407 e. The summed E-state index contributed by atoms with van der Waals surface area (Å²) in [5.41, 5.74) is 2.14. The minimum atomic E-state index is -0.898. The number of carbonyl (C=O) groups excluding carboxylic acids is 1. The summed E-state index contributed by atoms with van der Waals surface area (Å²) in [5, 5.41) is 11.0. The van der Waals surface area contributed by atoms with E-state index in [1.807, 2.05) is 47.9 Å². The zero-order valence-corrected chi connectivity index (χ0v) is 25.7. The Kier molecular flexibility index (Phi) is 8.39. The molecule has 0 aliphatic carbocycles. The molecule has 1 aliphatic rings. The number of amides is 1. The summed E-state index contributed by atoms with van der Waals surface area (Å²) in [6.45, 7) is 8.45. The predicted octanol–water partition coefficient (Wildman–Crippen LogP) is 7.60. The Morgan fingerprint density at radius 1 is 1.17 bits per heavy atom. The minimum Gasteiger partial charge on any atom is -0.490 e. The maximum absolute atomic E-state index is 12.7. The SMILES string of the molecule is COC(=O)c1sc(-n2cnc3ccc(OC4CCN(C(=O)O)C(C(C)(C)C)C4)cc32)cc1O[C@H](C)c1ccccc1Cl. The Bertz CT molecular complexity index is 1610. The standard InChI is InChI=1S/C31H34ClN3O6S/c1-18(21-8-6-7-9-22(21)32)40-25-16-27(42-28(25)29(36)39-5)35-17-33-23-11-10-19(14-24(23)35)41-20-12-13-34(30(37)38)26(15-20)31(2,3)4/h6-11,14,16-18,20,26H,12-13,15H2,1-5H3,(H,37,38)/t18-,20?,26?/m1/s1. The van der Waals surface area contributed by atoms with Crippen LogP contribution in [0.15, 0.2) is 54.9 Å². The Morgan fingerprint density at radius 3 is 2.62 bits per heavy atom. The van der Waals surface area contributed by atoms with E-state index in [1.54, 1.807) is 18.5 Å². The first-order valence-electron chi connectivity index (χ1n) is 13.7. The molecule has 1 N–H and O–H groups in total. The first-order valence-corrected chi connectivity index (χ1v) is 14.9. The number of piperidine rings is 1. The van der Waals surface area contributed by atoms with Crippen LogP contribution in [0.2, 0.25) is 5.02 Å². The first-order chi connectivity index (χ1) is 20.0. The number of fused-ring (bicyclic) bond motifs is 1. The van der Waals surface area contributed by atoms with Gasteiger partial charge >= 0.3 is 12.1 Å². The molecule has 1 amide bonds. The highest BCUT2D eigenvalue weighted by atomic mass is 35.5.